The van der Waals surface area contributed by atoms with Crippen molar-refractivity contribution in [2.75, 3.05) is 26.5 Å². The molecular weight excluding hydrogens is 472 g/mol. The number of ether oxygens (including phenoxy) is 1. The quantitative estimate of drug-likeness (QED) is 0.502. The Morgan fingerprint density at radius 2 is 1.89 bits per heavy atom. The zero-order valence-corrected chi connectivity index (χ0v) is 20.4. The highest BCUT2D eigenvalue weighted by Gasteiger charge is 2.29. The first-order chi connectivity index (χ1) is 16.7. The van der Waals surface area contributed by atoms with Crippen LogP contribution in [0.1, 0.15) is 36.3 Å². The average molecular weight is 501 g/mol. The van der Waals surface area contributed by atoms with E-state index in [4.69, 9.17) is 4.74 Å². The Morgan fingerprint density at radius 1 is 1.20 bits per heavy atom. The molecular formula is C24H28N4O6S. The van der Waals surface area contributed by atoms with Crippen LogP contribution in [0, 0.1) is 0 Å². The number of nitrogens with zero attached hydrogens (tertiary/aromatic N) is 3. The molecule has 2 aromatic heterocycles. The van der Waals surface area contributed by atoms with Gasteiger partial charge in [-0.1, -0.05) is 18.2 Å². The molecule has 35 heavy (non-hydrogen) atoms. The molecule has 0 saturated carbocycles. The van der Waals surface area contributed by atoms with Crippen molar-refractivity contribution in [2.24, 2.45) is 0 Å². The highest BCUT2D eigenvalue weighted by Crippen LogP contribution is 2.32. The Morgan fingerprint density at radius 3 is 2.51 bits per heavy atom. The minimum atomic E-state index is -3.26. The van der Waals surface area contributed by atoms with E-state index in [0.717, 1.165) is 0 Å². The number of carbonyl (C=O) groups excluding carboxylic acids is 1. The van der Waals surface area contributed by atoms with Crippen molar-refractivity contribution in [3.05, 3.63) is 70.1 Å². The second kappa shape index (κ2) is 10.0. The number of rotatable bonds is 7. The highest BCUT2D eigenvalue weighted by molar-refractivity contribution is 7.88. The lowest BCUT2D eigenvalue weighted by Crippen LogP contribution is -2.46. The van der Waals surface area contributed by atoms with E-state index >= 15 is 0 Å². The number of carbonyl (C=O) groups is 1. The highest BCUT2D eigenvalue weighted by atomic mass is 32.2. The maximum absolute atomic E-state index is 13.3. The van der Waals surface area contributed by atoms with Gasteiger partial charge in [-0.25, -0.2) is 12.7 Å². The number of aromatic nitrogens is 2. The number of hydrogen-bond donors (Lipinski definition) is 2. The Balaban J connectivity index is 1.62. The molecule has 3 heterocycles. The van der Waals surface area contributed by atoms with Crippen LogP contribution < -0.4 is 15.6 Å². The van der Waals surface area contributed by atoms with Crippen molar-refractivity contribution in [3.8, 4) is 11.6 Å². The SMILES string of the molecule is COc1ccc(C(CC(=O)NC2CCN(S(C)(=O)=O)CC2)c2c(O)nc3ccccn3c2=O)cc1. The predicted octanol–water partition coefficient (Wildman–Crippen LogP) is 1.47. The number of nitrogens with one attached hydrogen (secondary N) is 1. The van der Waals surface area contributed by atoms with Gasteiger partial charge in [-0.05, 0) is 42.7 Å². The van der Waals surface area contributed by atoms with Gasteiger partial charge in [-0.15, -0.1) is 0 Å². The van der Waals surface area contributed by atoms with Gasteiger partial charge in [0, 0.05) is 37.7 Å². The van der Waals surface area contributed by atoms with Crippen LogP contribution in [0.3, 0.4) is 0 Å². The monoisotopic (exact) mass is 500 g/mol. The van der Waals surface area contributed by atoms with Gasteiger partial charge in [-0.3, -0.25) is 14.0 Å². The minimum absolute atomic E-state index is 0.0286. The first-order valence-corrected chi connectivity index (χ1v) is 13.1. The van der Waals surface area contributed by atoms with Gasteiger partial charge in [0.2, 0.25) is 21.8 Å². The summed E-state index contributed by atoms with van der Waals surface area (Å²) in [5.41, 5.74) is 0.524. The molecule has 0 spiro atoms. The van der Waals surface area contributed by atoms with Crippen LogP contribution in [-0.4, -0.2) is 65.6 Å². The molecule has 4 rings (SSSR count). The van der Waals surface area contributed by atoms with Crippen LogP contribution in [0.2, 0.25) is 0 Å². The van der Waals surface area contributed by atoms with E-state index in [2.05, 4.69) is 10.3 Å². The molecule has 11 heteroatoms. The fourth-order valence-electron chi connectivity index (χ4n) is 4.42. The number of piperidine rings is 1. The predicted molar refractivity (Wildman–Crippen MR) is 130 cm³/mol. The molecule has 1 aliphatic rings. The minimum Gasteiger partial charge on any atom is -0.497 e. The van der Waals surface area contributed by atoms with Gasteiger partial charge in [0.25, 0.3) is 5.56 Å². The molecule has 3 aromatic rings. The van der Waals surface area contributed by atoms with Gasteiger partial charge < -0.3 is 15.2 Å². The Kier molecular flexibility index (Phi) is 7.08. The van der Waals surface area contributed by atoms with Crippen LogP contribution in [0.15, 0.2) is 53.5 Å². The lowest BCUT2D eigenvalue weighted by atomic mass is 9.89. The number of amides is 1. The summed E-state index contributed by atoms with van der Waals surface area (Å²) in [5, 5.41) is 13.7. The third-order valence-electron chi connectivity index (χ3n) is 6.29. The van der Waals surface area contributed by atoms with Gasteiger partial charge in [0.15, 0.2) is 0 Å². The molecule has 1 aliphatic heterocycles. The molecule has 0 aliphatic carbocycles. The molecule has 1 aromatic carbocycles. The maximum atomic E-state index is 13.3. The van der Waals surface area contributed by atoms with E-state index in [1.165, 1.54) is 15.0 Å². The van der Waals surface area contributed by atoms with Crippen LogP contribution in [0.4, 0.5) is 0 Å². The van der Waals surface area contributed by atoms with Crippen molar-refractivity contribution in [1.29, 1.82) is 0 Å². The second-order valence-corrected chi connectivity index (χ2v) is 10.6. The normalized spacial score (nSPS) is 16.2. The standard InChI is InChI=1S/C24H28N4O6S/c1-34-18-8-6-16(7-9-18)19(22-23(30)26-20-5-3-4-12-28(20)24(22)31)15-21(29)25-17-10-13-27(14-11-17)35(2,32)33/h3-9,12,17,19,30H,10-11,13-15H2,1-2H3,(H,25,29). The fraction of sp³-hybridized carbons (Fsp3) is 0.375. The molecule has 186 valence electrons. The van der Waals surface area contributed by atoms with Crippen molar-refractivity contribution in [3.63, 3.8) is 0 Å². The third kappa shape index (κ3) is 5.46. The summed E-state index contributed by atoms with van der Waals surface area (Å²) in [6.45, 7) is 0.671. The van der Waals surface area contributed by atoms with E-state index in [9.17, 15) is 23.1 Å². The smallest absolute Gasteiger partial charge is 0.265 e. The van der Waals surface area contributed by atoms with Crippen molar-refractivity contribution in [2.45, 2.75) is 31.2 Å². The number of sulfonamides is 1. The fourth-order valence-corrected chi connectivity index (χ4v) is 5.30. The molecule has 0 bridgehead atoms. The van der Waals surface area contributed by atoms with E-state index in [1.807, 2.05) is 0 Å². The largest absolute Gasteiger partial charge is 0.497 e. The zero-order valence-electron chi connectivity index (χ0n) is 19.5. The molecule has 1 atom stereocenters. The van der Waals surface area contributed by atoms with Gasteiger partial charge in [0.1, 0.15) is 11.4 Å². The summed E-state index contributed by atoms with van der Waals surface area (Å²) in [7, 11) is -1.72. The second-order valence-electron chi connectivity index (χ2n) is 8.62. The number of benzene rings is 1. The summed E-state index contributed by atoms with van der Waals surface area (Å²) < 4.78 is 31.4. The lowest BCUT2D eigenvalue weighted by molar-refractivity contribution is -0.122. The van der Waals surface area contributed by atoms with Crippen LogP contribution in [0.25, 0.3) is 5.65 Å². The number of hydrogen-bond acceptors (Lipinski definition) is 7. The van der Waals surface area contributed by atoms with E-state index in [1.54, 1.807) is 55.8 Å². The Bertz CT molecular complexity index is 1380. The molecule has 2 N–H and O–H groups in total. The summed E-state index contributed by atoms with van der Waals surface area (Å²) in [5.74, 6) is -0.863. The first kappa shape index (κ1) is 24.7. The van der Waals surface area contributed by atoms with E-state index in [0.29, 0.717) is 42.9 Å². The summed E-state index contributed by atoms with van der Waals surface area (Å²) >= 11 is 0. The molecule has 0 radical (unpaired) electrons. The summed E-state index contributed by atoms with van der Waals surface area (Å²) in [6, 6.07) is 11.8. The van der Waals surface area contributed by atoms with Crippen LogP contribution in [0.5, 0.6) is 11.6 Å². The van der Waals surface area contributed by atoms with Gasteiger partial charge in [-0.2, -0.15) is 4.98 Å². The number of fused-ring (bicyclic) bond motifs is 1. The first-order valence-electron chi connectivity index (χ1n) is 11.3. The Hall–Kier alpha value is -3.44. The maximum Gasteiger partial charge on any atom is 0.265 e. The number of pyridine rings is 1. The summed E-state index contributed by atoms with van der Waals surface area (Å²) in [6.07, 6.45) is 3.64. The molecule has 1 fully saturated rings. The molecule has 1 saturated heterocycles. The van der Waals surface area contributed by atoms with E-state index in [-0.39, 0.29) is 23.9 Å². The van der Waals surface area contributed by atoms with Crippen molar-refractivity contribution < 1.29 is 23.1 Å². The van der Waals surface area contributed by atoms with Crippen LogP contribution in [-0.2, 0) is 14.8 Å². The van der Waals surface area contributed by atoms with Crippen molar-refractivity contribution >= 4 is 21.6 Å². The number of methoxy groups -OCH3 is 1. The topological polar surface area (TPSA) is 130 Å². The number of aromatic hydroxyl groups is 1. The summed E-state index contributed by atoms with van der Waals surface area (Å²) in [4.78, 5) is 30.6. The average Bonchev–Trinajstić information content (AvgIpc) is 2.83. The zero-order chi connectivity index (χ0) is 25.2. The van der Waals surface area contributed by atoms with Crippen LogP contribution >= 0.6 is 0 Å². The van der Waals surface area contributed by atoms with Crippen molar-refractivity contribution in [1.82, 2.24) is 19.0 Å². The third-order valence-corrected chi connectivity index (χ3v) is 7.60. The van der Waals surface area contributed by atoms with E-state index < -0.39 is 27.4 Å². The van der Waals surface area contributed by atoms with Gasteiger partial charge in [0.05, 0.1) is 18.9 Å². The molecule has 1 amide bonds. The molecule has 10 nitrogen and oxygen atoms in total. The molecule has 1 unspecified atom stereocenters. The lowest BCUT2D eigenvalue weighted by Gasteiger charge is -2.31. The van der Waals surface area contributed by atoms with Gasteiger partial charge >= 0.3 is 0 Å². The Labute approximate surface area is 203 Å².